The molecule has 13 aromatic carbocycles. The van der Waals surface area contributed by atoms with E-state index in [9.17, 15) is 0 Å². The van der Waals surface area contributed by atoms with Crippen LogP contribution in [0.25, 0.3) is 87.6 Å². The molecule has 4 unspecified atom stereocenters. The molecule has 0 aliphatic carbocycles. The van der Waals surface area contributed by atoms with Crippen LogP contribution in [0.4, 0.5) is 11.6 Å². The molecule has 15 aromatic rings. The first kappa shape index (κ1) is 73.5. The fourth-order valence-electron chi connectivity index (χ4n) is 15.5. The first-order valence-electron chi connectivity index (χ1n) is 38.3. The van der Waals surface area contributed by atoms with Gasteiger partial charge in [-0.2, -0.15) is 0 Å². The van der Waals surface area contributed by atoms with Crippen molar-refractivity contribution in [2.45, 2.75) is 24.3 Å². The smallest absolute Gasteiger partial charge is 0.262 e. The maximum Gasteiger partial charge on any atom is 0.262 e. The number of pyridine rings is 2. The van der Waals surface area contributed by atoms with E-state index in [1.165, 1.54) is 63.0 Å². The minimum Gasteiger partial charge on any atom is -0.491 e. The fourth-order valence-corrected chi connectivity index (χ4v) is 15.5. The van der Waals surface area contributed by atoms with Gasteiger partial charge in [0.15, 0.2) is 0 Å². The Bertz CT molecular complexity index is 5820. The summed E-state index contributed by atoms with van der Waals surface area (Å²) in [5.41, 5.74) is 6.10. The number of carbonyl (C=O) groups excluding carboxylic acids is 6. The first-order valence-corrected chi connectivity index (χ1v) is 38.3. The first-order chi connectivity index (χ1) is 57.9. The molecule has 0 radical (unpaired) electrons. The molecule has 4 atom stereocenters. The van der Waals surface area contributed by atoms with Gasteiger partial charge in [0.2, 0.25) is 0 Å². The molecule has 22 heteroatoms. The number of amides is 6. The molecule has 580 valence electrons. The largest absolute Gasteiger partial charge is 0.491 e. The van der Waals surface area contributed by atoms with Crippen molar-refractivity contribution in [1.29, 1.82) is 0 Å². The van der Waals surface area contributed by atoms with Crippen molar-refractivity contribution in [3.63, 3.8) is 0 Å². The molecule has 2 aromatic heterocycles. The van der Waals surface area contributed by atoms with Crippen LogP contribution in [0.5, 0.6) is 57.5 Å². The van der Waals surface area contributed by atoms with Crippen LogP contribution in [0.1, 0.15) is 41.4 Å². The molecule has 4 aliphatic heterocycles. The van der Waals surface area contributed by atoms with Gasteiger partial charge in [-0.15, -0.1) is 0 Å². The number of nitrogens with one attached hydrogen (secondary N) is 2. The number of carbonyl (C=O) groups is 6. The number of hydrogen-bond donors (Lipinski definition) is 2. The van der Waals surface area contributed by atoms with Crippen LogP contribution in [0.15, 0.2) is 279 Å². The van der Waals surface area contributed by atoms with Crippen molar-refractivity contribution in [2.24, 2.45) is 0 Å². The number of imide groups is 2. The predicted molar refractivity (Wildman–Crippen MR) is 444 cm³/mol. The van der Waals surface area contributed by atoms with Gasteiger partial charge in [-0.25, -0.2) is 9.97 Å². The third-order valence-electron chi connectivity index (χ3n) is 21.2. The third-order valence-corrected chi connectivity index (χ3v) is 21.2. The summed E-state index contributed by atoms with van der Waals surface area (Å²) < 4.78 is 64.2. The van der Waals surface area contributed by atoms with E-state index in [1.807, 2.05) is 194 Å². The Morgan fingerprint density at radius 3 is 0.898 bits per heavy atom. The highest BCUT2D eigenvalue weighted by Crippen LogP contribution is 2.59. The van der Waals surface area contributed by atoms with Gasteiger partial charge in [0.25, 0.3) is 35.4 Å². The number of anilines is 2. The summed E-state index contributed by atoms with van der Waals surface area (Å²) in [6, 6.07) is 77.5. The summed E-state index contributed by atoms with van der Waals surface area (Å²) in [5, 5.41) is 7.07. The molecule has 6 heterocycles. The Balaban J connectivity index is 0.913. The van der Waals surface area contributed by atoms with Crippen molar-refractivity contribution in [1.82, 2.24) is 19.8 Å². The second kappa shape index (κ2) is 31.3. The van der Waals surface area contributed by atoms with E-state index in [4.69, 9.17) is 47.4 Å². The zero-order chi connectivity index (χ0) is 80.1. The lowest BCUT2D eigenvalue weighted by atomic mass is 9.80. The van der Waals surface area contributed by atoms with Gasteiger partial charge in [0, 0.05) is 81.8 Å². The minimum absolute atomic E-state index is 0.000665. The van der Waals surface area contributed by atoms with Crippen molar-refractivity contribution in [2.75, 3.05) is 64.5 Å². The number of fused-ring (bicyclic) bond motifs is 2. The highest BCUT2D eigenvalue weighted by Gasteiger charge is 2.47. The molecule has 19 rings (SSSR count). The van der Waals surface area contributed by atoms with Crippen molar-refractivity contribution < 1.29 is 76.1 Å². The van der Waals surface area contributed by atoms with Gasteiger partial charge in [0.1, 0.15) is 107 Å². The average molecular weight is 1560 g/mol. The maximum atomic E-state index is 16.7. The number of nitrogens with zero attached hydrogens (tertiary/aromatic N) is 4. The fraction of sp³-hybridized carbons (Fsp3) is 0.125. The van der Waals surface area contributed by atoms with Gasteiger partial charge in [-0.05, 0) is 129 Å². The lowest BCUT2D eigenvalue weighted by molar-refractivity contribution is -0.122. The number of methoxy groups -OCH3 is 2. The normalized spacial score (nSPS) is 15.1. The molecular formula is C96H70N6O16. The van der Waals surface area contributed by atoms with Crippen molar-refractivity contribution in [3.05, 3.63) is 302 Å². The van der Waals surface area contributed by atoms with Gasteiger partial charge in [-0.1, -0.05) is 170 Å². The van der Waals surface area contributed by atoms with Gasteiger partial charge < -0.3 is 58.0 Å². The number of benzene rings is 13. The van der Waals surface area contributed by atoms with Crippen LogP contribution in [-0.2, 0) is 28.5 Å². The number of ether oxygens (including phenoxy) is 10. The molecule has 22 nitrogen and oxygen atoms in total. The molecule has 4 aliphatic rings. The summed E-state index contributed by atoms with van der Waals surface area (Å²) in [4.78, 5) is 108. The van der Waals surface area contributed by atoms with E-state index >= 15 is 28.8 Å². The molecule has 0 spiro atoms. The van der Waals surface area contributed by atoms with Gasteiger partial charge in [-0.3, -0.25) is 38.6 Å². The summed E-state index contributed by atoms with van der Waals surface area (Å²) in [7, 11) is 2.71. The van der Waals surface area contributed by atoms with Gasteiger partial charge >= 0.3 is 0 Å². The van der Waals surface area contributed by atoms with Crippen LogP contribution < -0.4 is 39.1 Å². The van der Waals surface area contributed by atoms with E-state index in [-0.39, 0.29) is 148 Å². The molecule has 2 N–H and O–H groups in total. The number of aromatic nitrogens is 2. The number of epoxide rings is 2. The monoisotopic (exact) mass is 1560 g/mol. The zero-order valence-corrected chi connectivity index (χ0v) is 63.4. The van der Waals surface area contributed by atoms with Crippen molar-refractivity contribution >= 4 is 90.2 Å². The van der Waals surface area contributed by atoms with E-state index in [1.54, 1.807) is 36.4 Å². The van der Waals surface area contributed by atoms with Crippen molar-refractivity contribution in [3.8, 4) is 102 Å². The third kappa shape index (κ3) is 14.3. The number of rotatable bonds is 28. The summed E-state index contributed by atoms with van der Waals surface area (Å²) in [6.07, 6.45) is 2.77. The predicted octanol–water partition coefficient (Wildman–Crippen LogP) is 18.4. The maximum absolute atomic E-state index is 16.7. The van der Waals surface area contributed by atoms with Crippen LogP contribution in [0.2, 0.25) is 0 Å². The average Bonchev–Trinajstić information content (AvgIpc) is 0.770. The number of hydrogen-bond acceptors (Lipinski definition) is 18. The Kier molecular flexibility index (Phi) is 19.5. The van der Waals surface area contributed by atoms with E-state index in [0.717, 1.165) is 54.3 Å². The van der Waals surface area contributed by atoms with E-state index < -0.39 is 60.7 Å². The molecule has 118 heavy (non-hydrogen) atoms. The standard InChI is InChI=1S/C96H70N6O16/c1-109-53-75(91(103)99-81-43-63(35-37-97-81)111-49-69-51-113-69)101-93(105)71-45-77(115-65-31-15-27-59(39-65)55-19-7-3-8-20-55)85-87-79(117-67-33-17-29-61(41-67)57-23-11-5-12-24-57)47-73-84-74(96(108)102(95(73)107)76(54-110-2)92(104)100-82-44-64(36-38-98-82)112-50-70-52-114-70)48-80(118-68-34-18-30-62(42-68)58-25-13-6-14-26-58)88(90(84)87)86-78(46-72(94(101)106)83(71)89(85)86)116-66-32-16-28-60(40-66)56-21-9-4-10-22-56/h3-48,69-70,75-76H,49-54H2,1-2H3,(H,97,99,103)(H,98,100,104). The summed E-state index contributed by atoms with van der Waals surface area (Å²) >= 11 is 0. The molecule has 0 saturated carbocycles. The van der Waals surface area contributed by atoms with Crippen LogP contribution >= 0.6 is 0 Å². The van der Waals surface area contributed by atoms with Crippen LogP contribution in [0, 0.1) is 0 Å². The quantitative estimate of drug-likeness (QED) is 0.0200. The molecule has 0 bridgehead atoms. The molecular weight excluding hydrogens is 1490 g/mol. The SMILES string of the molecule is COCC(C(=O)Nc1cc(OCC2CO2)ccn1)N1C(=O)c2cc(Oc3cccc(-c4ccccc4)c3)c3c4c(Oc5cccc(-c6ccccc6)c5)cc5c6c(cc(Oc7cccc(-c8ccccc8)c7)c(c7c(Oc8cccc(-c9ccccc9)c8)cc(c2c37)C1=O)c64)C(=O)N(C(COC)C(=O)Nc1cc(OCC2CO2)ccn1)C5=O. The van der Waals surface area contributed by atoms with Crippen LogP contribution in [0.3, 0.4) is 0 Å². The summed E-state index contributed by atoms with van der Waals surface area (Å²) in [6.45, 7) is 0.653. The molecule has 6 amide bonds. The minimum atomic E-state index is -1.67. The second-order valence-corrected chi connectivity index (χ2v) is 28.8. The van der Waals surface area contributed by atoms with E-state index in [0.29, 0.717) is 24.7 Å². The van der Waals surface area contributed by atoms with Crippen LogP contribution in [-0.4, -0.2) is 133 Å². The lowest BCUT2D eigenvalue weighted by Gasteiger charge is -2.35. The second-order valence-electron chi connectivity index (χ2n) is 28.8. The topological polar surface area (TPSA) is 258 Å². The Morgan fingerprint density at radius 1 is 0.347 bits per heavy atom. The summed E-state index contributed by atoms with van der Waals surface area (Å²) in [5.74, 6) is -3.30. The zero-order valence-electron chi connectivity index (χ0n) is 63.4. The highest BCUT2D eigenvalue weighted by molar-refractivity contribution is 6.45. The van der Waals surface area contributed by atoms with Gasteiger partial charge in [0.05, 0.1) is 48.7 Å². The van der Waals surface area contributed by atoms with E-state index in [2.05, 4.69) is 20.6 Å². The highest BCUT2D eigenvalue weighted by atomic mass is 16.6. The Morgan fingerprint density at radius 2 is 0.627 bits per heavy atom. The Labute approximate surface area is 674 Å². The Hall–Kier alpha value is -14.7. The molecule has 2 saturated heterocycles. The lowest BCUT2D eigenvalue weighted by Crippen LogP contribution is -2.54. The molecule has 2 fully saturated rings.